The molecule has 0 aliphatic rings. The highest BCUT2D eigenvalue weighted by atomic mass is 35.5. The second-order valence-corrected chi connectivity index (χ2v) is 2.07. The summed E-state index contributed by atoms with van der Waals surface area (Å²) in [4.78, 5) is 0. The van der Waals surface area contributed by atoms with E-state index in [1.165, 1.54) is 0 Å². The summed E-state index contributed by atoms with van der Waals surface area (Å²) in [5.41, 5.74) is 0. The van der Waals surface area contributed by atoms with Gasteiger partial charge in [0, 0.05) is 5.03 Å². The fourth-order valence-corrected chi connectivity index (χ4v) is 0. The maximum absolute atomic E-state index is 5.12. The van der Waals surface area contributed by atoms with Crippen LogP contribution in [0.1, 0.15) is 0 Å². The van der Waals surface area contributed by atoms with Crippen LogP contribution in [0.15, 0.2) is 9.52 Å². The maximum atomic E-state index is 5.12. The predicted octanol–water partition coefficient (Wildman–Crippen LogP) is 2.71. The number of hydrogen-bond donors (Lipinski definition) is 0. The Hall–Kier alpha value is 0.610. The van der Waals surface area contributed by atoms with Gasteiger partial charge >= 0.3 is 0 Å². The van der Waals surface area contributed by atoms with Gasteiger partial charge in [0.25, 0.3) is 0 Å². The molecule has 0 unspecified atom stereocenters. The minimum atomic E-state index is 0.0247. The molecule has 0 atom stereocenters. The van der Waals surface area contributed by atoms with Crippen LogP contribution in [-0.4, -0.2) is 0 Å². The van der Waals surface area contributed by atoms with Gasteiger partial charge in [0.1, 0.15) is 4.49 Å². The first-order valence-electron chi connectivity index (χ1n) is 1.17. The van der Waals surface area contributed by atoms with E-state index in [1.54, 1.807) is 0 Å². The lowest BCUT2D eigenvalue weighted by Crippen LogP contribution is -1.54. The van der Waals surface area contributed by atoms with Gasteiger partial charge in [-0.1, -0.05) is 34.8 Å². The fraction of sp³-hybridized carbons (Fsp3) is 0. The van der Waals surface area contributed by atoms with Gasteiger partial charge in [-0.05, 0) is 6.92 Å². The molecule has 0 saturated heterocycles. The van der Waals surface area contributed by atoms with Gasteiger partial charge in [-0.25, -0.2) is 0 Å². The van der Waals surface area contributed by atoms with Crippen LogP contribution in [0.4, 0.5) is 0 Å². The van der Waals surface area contributed by atoms with Crippen LogP contribution >= 0.6 is 34.8 Å². The normalized spacial score (nSPS) is 8.00. The van der Waals surface area contributed by atoms with Crippen molar-refractivity contribution in [1.29, 1.82) is 0 Å². The summed E-state index contributed by atoms with van der Waals surface area (Å²) in [5, 5.41) is 0.179. The SMILES string of the molecule is [CH2]C(Cl)=C(Cl)Cl. The number of rotatable bonds is 0. The summed E-state index contributed by atoms with van der Waals surface area (Å²) in [6, 6.07) is 0. The molecule has 0 amide bonds. The highest BCUT2D eigenvalue weighted by Gasteiger charge is 1.85. The van der Waals surface area contributed by atoms with Crippen LogP contribution in [0, 0.1) is 6.92 Å². The third kappa shape index (κ3) is 2.83. The van der Waals surface area contributed by atoms with Crippen LogP contribution in [0.2, 0.25) is 0 Å². The minimum Gasteiger partial charge on any atom is -0.0865 e. The fourth-order valence-electron chi connectivity index (χ4n) is 0. The highest BCUT2D eigenvalue weighted by Crippen LogP contribution is 2.15. The molecule has 1 radical (unpaired) electrons. The molecule has 0 rings (SSSR count). The highest BCUT2D eigenvalue weighted by molar-refractivity contribution is 6.59. The molecule has 0 bridgehead atoms. The van der Waals surface area contributed by atoms with Gasteiger partial charge in [0.15, 0.2) is 0 Å². The van der Waals surface area contributed by atoms with E-state index < -0.39 is 0 Å². The van der Waals surface area contributed by atoms with Crippen molar-refractivity contribution in [2.75, 3.05) is 0 Å². The maximum Gasteiger partial charge on any atom is 0.121 e. The summed E-state index contributed by atoms with van der Waals surface area (Å²) in [5.74, 6) is 0. The lowest BCUT2D eigenvalue weighted by Gasteiger charge is -1.78. The van der Waals surface area contributed by atoms with E-state index in [-0.39, 0.29) is 9.52 Å². The number of halogens is 3. The second kappa shape index (κ2) is 2.73. The standard InChI is InChI=1S/C3H2Cl3/c1-2(4)3(5)6/h1H2. The minimum absolute atomic E-state index is 0.0247. The second-order valence-electron chi connectivity index (χ2n) is 0.665. The number of hydrogen-bond acceptors (Lipinski definition) is 0. The van der Waals surface area contributed by atoms with Crippen LogP contribution in [0.3, 0.4) is 0 Å². The first-order chi connectivity index (χ1) is 2.64. The average Bonchev–Trinajstić information content (AvgIpc) is 1.36. The molecule has 3 heteroatoms. The molecule has 0 aliphatic heterocycles. The summed E-state index contributed by atoms with van der Waals surface area (Å²) < 4.78 is 0.0247. The van der Waals surface area contributed by atoms with Crippen LogP contribution < -0.4 is 0 Å². The molecular weight excluding hydrogens is 142 g/mol. The first-order valence-corrected chi connectivity index (χ1v) is 2.30. The van der Waals surface area contributed by atoms with Crippen LogP contribution in [-0.2, 0) is 0 Å². The van der Waals surface area contributed by atoms with E-state index in [0.717, 1.165) is 0 Å². The molecule has 6 heavy (non-hydrogen) atoms. The molecule has 35 valence electrons. The van der Waals surface area contributed by atoms with E-state index in [9.17, 15) is 0 Å². The van der Waals surface area contributed by atoms with Crippen LogP contribution in [0.25, 0.3) is 0 Å². The Morgan fingerprint density at radius 2 is 1.33 bits per heavy atom. The van der Waals surface area contributed by atoms with Gasteiger partial charge in [0.05, 0.1) is 0 Å². The topological polar surface area (TPSA) is 0 Å². The third-order valence-electron chi connectivity index (χ3n) is 0.205. The lowest BCUT2D eigenvalue weighted by molar-refractivity contribution is 1.98. The Bertz CT molecular complexity index is 56.1. The van der Waals surface area contributed by atoms with Gasteiger partial charge in [0.2, 0.25) is 0 Å². The zero-order valence-electron chi connectivity index (χ0n) is 2.84. The summed E-state index contributed by atoms with van der Waals surface area (Å²) in [6.45, 7) is 3.22. The Labute approximate surface area is 51.7 Å². The molecule has 0 fully saturated rings. The van der Waals surface area contributed by atoms with E-state index in [1.807, 2.05) is 0 Å². The molecule has 0 nitrogen and oxygen atoms in total. The molecule has 0 aliphatic carbocycles. The largest absolute Gasteiger partial charge is 0.121 e. The van der Waals surface area contributed by atoms with Crippen molar-refractivity contribution in [3.63, 3.8) is 0 Å². The molecule has 0 N–H and O–H groups in total. The summed E-state index contributed by atoms with van der Waals surface area (Å²) >= 11 is 15.2. The molecule has 0 saturated carbocycles. The molecular formula is C3H2Cl3. The summed E-state index contributed by atoms with van der Waals surface area (Å²) in [6.07, 6.45) is 0. The van der Waals surface area contributed by atoms with E-state index in [4.69, 9.17) is 34.8 Å². The molecule has 0 aromatic rings. The van der Waals surface area contributed by atoms with Crippen molar-refractivity contribution in [1.82, 2.24) is 0 Å². The smallest absolute Gasteiger partial charge is 0.0865 e. The van der Waals surface area contributed by atoms with Crippen molar-refractivity contribution >= 4 is 34.8 Å². The van der Waals surface area contributed by atoms with E-state index in [0.29, 0.717) is 0 Å². The Morgan fingerprint density at radius 3 is 1.33 bits per heavy atom. The van der Waals surface area contributed by atoms with Crippen molar-refractivity contribution in [3.05, 3.63) is 16.4 Å². The van der Waals surface area contributed by atoms with E-state index in [2.05, 4.69) is 6.92 Å². The van der Waals surface area contributed by atoms with Crippen molar-refractivity contribution in [3.8, 4) is 0 Å². The first kappa shape index (κ1) is 6.61. The van der Waals surface area contributed by atoms with Gasteiger partial charge in [-0.15, -0.1) is 0 Å². The van der Waals surface area contributed by atoms with Gasteiger partial charge in [-0.3, -0.25) is 0 Å². The van der Waals surface area contributed by atoms with Gasteiger partial charge < -0.3 is 0 Å². The summed E-state index contributed by atoms with van der Waals surface area (Å²) in [7, 11) is 0. The monoisotopic (exact) mass is 143 g/mol. The zero-order valence-corrected chi connectivity index (χ0v) is 5.11. The average molecular weight is 144 g/mol. The van der Waals surface area contributed by atoms with Gasteiger partial charge in [-0.2, -0.15) is 0 Å². The lowest BCUT2D eigenvalue weighted by atomic mass is 10.8. The molecule has 0 aromatic heterocycles. The van der Waals surface area contributed by atoms with Crippen LogP contribution in [0.5, 0.6) is 0 Å². The van der Waals surface area contributed by atoms with Crippen molar-refractivity contribution < 1.29 is 0 Å². The Balaban J connectivity index is 3.68. The van der Waals surface area contributed by atoms with E-state index >= 15 is 0 Å². The van der Waals surface area contributed by atoms with Crippen molar-refractivity contribution in [2.24, 2.45) is 0 Å². The van der Waals surface area contributed by atoms with Crippen molar-refractivity contribution in [2.45, 2.75) is 0 Å². The quantitative estimate of drug-likeness (QED) is 0.490. The Kier molecular flexibility index (Phi) is 3.01. The Morgan fingerprint density at radius 1 is 1.17 bits per heavy atom. The third-order valence-corrected chi connectivity index (χ3v) is 1.04. The zero-order chi connectivity index (χ0) is 5.15. The molecule has 0 aromatic carbocycles. The number of allylic oxidation sites excluding steroid dienone is 1. The molecule has 0 spiro atoms. The molecule has 0 heterocycles. The predicted molar refractivity (Wildman–Crippen MR) is 29.9 cm³/mol.